The number of nitrogens with one attached hydrogen (secondary N) is 2. The van der Waals surface area contributed by atoms with E-state index < -0.39 is 0 Å². The molecule has 2 heterocycles. The van der Waals surface area contributed by atoms with Crippen LogP contribution < -0.4 is 11.4 Å². The third-order valence-electron chi connectivity index (χ3n) is 2.83. The number of benzene rings is 1. The highest BCUT2D eigenvalue weighted by atomic mass is 79.9. The topological polar surface area (TPSA) is 74.7 Å². The van der Waals surface area contributed by atoms with E-state index >= 15 is 0 Å². The molecule has 0 aliphatic carbocycles. The molecule has 1 unspecified atom stereocenters. The van der Waals surface area contributed by atoms with Gasteiger partial charge in [-0.15, -0.1) is 11.3 Å². The molecule has 1 aromatic carbocycles. The second-order valence-electron chi connectivity index (χ2n) is 3.99. The minimum Gasteiger partial charge on any atom is -0.320 e. The van der Waals surface area contributed by atoms with Crippen molar-refractivity contribution >= 4 is 38.3 Å². The number of aromatic nitrogens is 2. The van der Waals surface area contributed by atoms with Gasteiger partial charge in [0.05, 0.1) is 17.1 Å². The van der Waals surface area contributed by atoms with Crippen LogP contribution >= 0.6 is 27.3 Å². The summed E-state index contributed by atoms with van der Waals surface area (Å²) < 4.78 is 1.02. The van der Waals surface area contributed by atoms with Crippen LogP contribution in [0.5, 0.6) is 0 Å². The van der Waals surface area contributed by atoms with Crippen LogP contribution in [0.15, 0.2) is 38.9 Å². The molecular weight excluding hydrogens is 314 g/mol. The molecule has 92 valence electrons. The fourth-order valence-corrected chi connectivity index (χ4v) is 3.57. The van der Waals surface area contributed by atoms with Gasteiger partial charge in [0, 0.05) is 9.35 Å². The quantitative estimate of drug-likeness (QED) is 0.678. The van der Waals surface area contributed by atoms with Gasteiger partial charge in [-0.3, -0.25) is 0 Å². The summed E-state index contributed by atoms with van der Waals surface area (Å²) >= 11 is 5.10. The molecule has 1 atom stereocenters. The molecule has 0 bridgehead atoms. The van der Waals surface area contributed by atoms with Crippen molar-refractivity contribution in [2.75, 3.05) is 0 Å². The normalized spacial score (nSPS) is 13.0. The molecule has 3 aromatic rings. The lowest BCUT2D eigenvalue weighted by molar-refractivity contribution is 0.890. The lowest BCUT2D eigenvalue weighted by Crippen LogP contribution is -2.10. The molecule has 0 amide bonds. The zero-order valence-electron chi connectivity index (χ0n) is 9.24. The maximum absolute atomic E-state index is 11.2. The van der Waals surface area contributed by atoms with E-state index in [1.54, 1.807) is 11.3 Å². The Balaban J connectivity index is 2.09. The van der Waals surface area contributed by atoms with Gasteiger partial charge in [-0.2, -0.15) is 0 Å². The van der Waals surface area contributed by atoms with Crippen LogP contribution in [0.1, 0.15) is 16.5 Å². The van der Waals surface area contributed by atoms with Crippen LogP contribution in [0.2, 0.25) is 0 Å². The van der Waals surface area contributed by atoms with Crippen molar-refractivity contribution in [3.05, 3.63) is 55.0 Å². The largest absolute Gasteiger partial charge is 0.323 e. The SMILES string of the molecule is NC(c1ccc2[nH]c(=O)[nH]c2c1)c1sccc1Br. The number of hydrogen-bond acceptors (Lipinski definition) is 3. The average Bonchev–Trinajstić information content (AvgIpc) is 2.91. The Morgan fingerprint density at radius 3 is 2.72 bits per heavy atom. The highest BCUT2D eigenvalue weighted by molar-refractivity contribution is 9.10. The first-order valence-corrected chi connectivity index (χ1v) is 7.03. The lowest BCUT2D eigenvalue weighted by atomic mass is 10.1. The van der Waals surface area contributed by atoms with Crippen LogP contribution in [0, 0.1) is 0 Å². The average molecular weight is 324 g/mol. The summed E-state index contributed by atoms with van der Waals surface area (Å²) in [6.45, 7) is 0. The Hall–Kier alpha value is -1.37. The van der Waals surface area contributed by atoms with Crippen molar-refractivity contribution in [1.29, 1.82) is 0 Å². The molecule has 0 fully saturated rings. The number of halogens is 1. The van der Waals surface area contributed by atoms with Gasteiger partial charge in [0.1, 0.15) is 0 Å². The van der Waals surface area contributed by atoms with Crippen molar-refractivity contribution in [2.24, 2.45) is 5.73 Å². The highest BCUT2D eigenvalue weighted by Gasteiger charge is 2.14. The maximum atomic E-state index is 11.2. The van der Waals surface area contributed by atoms with E-state index in [4.69, 9.17) is 5.73 Å². The first-order valence-electron chi connectivity index (χ1n) is 5.35. The number of rotatable bonds is 2. The Labute approximate surface area is 115 Å². The summed E-state index contributed by atoms with van der Waals surface area (Å²) in [5.41, 5.74) is 8.58. The van der Waals surface area contributed by atoms with Crippen LogP contribution in [0.4, 0.5) is 0 Å². The number of nitrogens with two attached hydrogens (primary N) is 1. The molecule has 0 spiro atoms. The number of hydrogen-bond donors (Lipinski definition) is 3. The van der Waals surface area contributed by atoms with Gasteiger partial charge in [0.2, 0.25) is 0 Å². The smallest absolute Gasteiger partial charge is 0.320 e. The van der Waals surface area contributed by atoms with Crippen molar-refractivity contribution in [2.45, 2.75) is 6.04 Å². The second kappa shape index (κ2) is 4.38. The molecule has 3 rings (SSSR count). The second-order valence-corrected chi connectivity index (χ2v) is 5.80. The number of fused-ring (bicyclic) bond motifs is 1. The van der Waals surface area contributed by atoms with Gasteiger partial charge < -0.3 is 15.7 Å². The number of imidazole rings is 1. The molecule has 4 N–H and O–H groups in total. The third kappa shape index (κ3) is 1.92. The molecule has 0 aliphatic heterocycles. The van der Waals surface area contributed by atoms with E-state index in [0.29, 0.717) is 0 Å². The molecule has 18 heavy (non-hydrogen) atoms. The molecule has 4 nitrogen and oxygen atoms in total. The highest BCUT2D eigenvalue weighted by Crippen LogP contribution is 2.32. The maximum Gasteiger partial charge on any atom is 0.323 e. The summed E-state index contributed by atoms with van der Waals surface area (Å²) in [4.78, 5) is 17.7. The fraction of sp³-hybridized carbons (Fsp3) is 0.0833. The summed E-state index contributed by atoms with van der Waals surface area (Å²) in [5.74, 6) is 0. The standard InChI is InChI=1S/C12H10BrN3OS/c13-7-3-4-18-11(7)10(14)6-1-2-8-9(5-6)16-12(17)15-8/h1-5,10H,14H2,(H2,15,16,17). The Kier molecular flexibility index (Phi) is 2.85. The molecule has 0 aliphatic rings. The first-order chi connectivity index (χ1) is 8.65. The predicted molar refractivity (Wildman–Crippen MR) is 77.0 cm³/mol. The van der Waals surface area contributed by atoms with Crippen LogP contribution in [0.25, 0.3) is 11.0 Å². The summed E-state index contributed by atoms with van der Waals surface area (Å²) in [7, 11) is 0. The fourth-order valence-electron chi connectivity index (χ4n) is 1.92. The lowest BCUT2D eigenvalue weighted by Gasteiger charge is -2.10. The van der Waals surface area contributed by atoms with Gasteiger partial charge in [0.25, 0.3) is 0 Å². The summed E-state index contributed by atoms with van der Waals surface area (Å²) in [6, 6.07) is 7.50. The number of H-pyrrole nitrogens is 2. The zero-order chi connectivity index (χ0) is 12.7. The monoisotopic (exact) mass is 323 g/mol. The van der Waals surface area contributed by atoms with Crippen molar-refractivity contribution in [3.8, 4) is 0 Å². The van der Waals surface area contributed by atoms with Gasteiger partial charge in [-0.05, 0) is 45.1 Å². The van der Waals surface area contributed by atoms with Crippen molar-refractivity contribution in [1.82, 2.24) is 9.97 Å². The summed E-state index contributed by atoms with van der Waals surface area (Å²) in [5, 5.41) is 2.00. The minimum absolute atomic E-state index is 0.192. The van der Waals surface area contributed by atoms with Gasteiger partial charge in [0.15, 0.2) is 0 Å². The number of thiophene rings is 1. The van der Waals surface area contributed by atoms with Crippen LogP contribution in [0.3, 0.4) is 0 Å². The Morgan fingerprint density at radius 1 is 1.22 bits per heavy atom. The summed E-state index contributed by atoms with van der Waals surface area (Å²) in [6.07, 6.45) is 0. The van der Waals surface area contributed by atoms with E-state index in [1.807, 2.05) is 29.6 Å². The van der Waals surface area contributed by atoms with Gasteiger partial charge in [-0.25, -0.2) is 4.79 Å². The van der Waals surface area contributed by atoms with Crippen LogP contribution in [-0.4, -0.2) is 9.97 Å². The molecule has 0 saturated carbocycles. The van der Waals surface area contributed by atoms with Crippen molar-refractivity contribution < 1.29 is 0 Å². The van der Waals surface area contributed by atoms with Gasteiger partial charge in [-0.1, -0.05) is 6.07 Å². The Morgan fingerprint density at radius 2 is 2.00 bits per heavy atom. The molecule has 2 aromatic heterocycles. The minimum atomic E-state index is -0.201. The van der Waals surface area contributed by atoms with Crippen molar-refractivity contribution in [3.63, 3.8) is 0 Å². The van der Waals surface area contributed by atoms with Gasteiger partial charge >= 0.3 is 5.69 Å². The molecule has 6 heteroatoms. The predicted octanol–water partition coefficient (Wildman–Crippen LogP) is 2.73. The van der Waals surface area contributed by atoms with E-state index in [2.05, 4.69) is 25.9 Å². The third-order valence-corrected chi connectivity index (χ3v) is 4.78. The first kappa shape index (κ1) is 11.7. The van der Waals surface area contributed by atoms with E-state index in [9.17, 15) is 4.79 Å². The molecule has 0 saturated heterocycles. The van der Waals surface area contributed by atoms with E-state index in [0.717, 1.165) is 25.9 Å². The van der Waals surface area contributed by atoms with E-state index in [1.165, 1.54) is 0 Å². The van der Waals surface area contributed by atoms with Crippen LogP contribution in [-0.2, 0) is 0 Å². The molecular formula is C12H10BrN3OS. The Bertz CT molecular complexity index is 758. The number of aromatic amines is 2. The zero-order valence-corrected chi connectivity index (χ0v) is 11.6. The molecule has 0 radical (unpaired) electrons. The van der Waals surface area contributed by atoms with E-state index in [-0.39, 0.29) is 11.7 Å².